The van der Waals surface area contributed by atoms with E-state index in [1.807, 2.05) is 20.8 Å². The van der Waals surface area contributed by atoms with Crippen LogP contribution in [0.4, 0.5) is 0 Å². The van der Waals surface area contributed by atoms with Crippen molar-refractivity contribution in [3.8, 4) is 0 Å². The number of rotatable bonds is 18. The number of carbonyl (C=O) groups excluding carboxylic acids is 2. The van der Waals surface area contributed by atoms with Crippen molar-refractivity contribution in [2.75, 3.05) is 46.4 Å². The van der Waals surface area contributed by atoms with E-state index in [4.69, 9.17) is 9.94 Å². The van der Waals surface area contributed by atoms with Crippen LogP contribution in [0.1, 0.15) is 67.7 Å². The van der Waals surface area contributed by atoms with Crippen molar-refractivity contribution >= 4 is 23.2 Å². The number of nitrogens with zero attached hydrogens (tertiary/aromatic N) is 2. The van der Waals surface area contributed by atoms with Crippen molar-refractivity contribution in [2.24, 2.45) is 15.6 Å². The highest BCUT2D eigenvalue weighted by Gasteiger charge is 2.30. The largest absolute Gasteiger partial charge is 0.411 e. The van der Waals surface area contributed by atoms with Crippen LogP contribution in [0.15, 0.2) is 10.1 Å². The lowest BCUT2D eigenvalue weighted by molar-refractivity contribution is -0.126. The van der Waals surface area contributed by atoms with Gasteiger partial charge in [0.2, 0.25) is 11.8 Å². The predicted octanol–water partition coefficient (Wildman–Crippen LogP) is 1.72. The molecule has 0 aliphatic carbocycles. The van der Waals surface area contributed by atoms with Gasteiger partial charge in [0, 0.05) is 69.8 Å². The predicted molar refractivity (Wildman–Crippen MR) is 138 cm³/mol. The summed E-state index contributed by atoms with van der Waals surface area (Å²) >= 11 is 0. The molecule has 0 rings (SSSR count). The van der Waals surface area contributed by atoms with E-state index in [1.165, 1.54) is 0 Å². The third-order valence-electron chi connectivity index (χ3n) is 6.02. The third-order valence-corrected chi connectivity index (χ3v) is 6.02. The molecule has 0 heterocycles. The molecule has 0 saturated heterocycles. The monoisotopic (exact) mass is 484 g/mol. The lowest BCUT2D eigenvalue weighted by Gasteiger charge is -2.36. The number of aliphatic imine (C=N–C) groups is 1. The summed E-state index contributed by atoms with van der Waals surface area (Å²) in [5.74, 6) is -0.333. The van der Waals surface area contributed by atoms with Crippen LogP contribution in [-0.4, -0.2) is 86.5 Å². The minimum Gasteiger partial charge on any atom is -0.411 e. The quantitative estimate of drug-likeness (QED) is 0.0870. The van der Waals surface area contributed by atoms with Crippen LogP contribution in [-0.2, 0) is 14.3 Å². The lowest BCUT2D eigenvalue weighted by atomic mass is 9.87. The van der Waals surface area contributed by atoms with Gasteiger partial charge >= 0.3 is 0 Å². The van der Waals surface area contributed by atoms with E-state index >= 15 is 0 Å². The molecule has 2 atom stereocenters. The Bertz CT molecular complexity index is 680. The first-order valence-corrected chi connectivity index (χ1v) is 12.1. The van der Waals surface area contributed by atoms with Crippen molar-refractivity contribution in [3.05, 3.63) is 0 Å². The molecule has 2 amide bonds. The van der Waals surface area contributed by atoms with Crippen molar-refractivity contribution < 1.29 is 19.5 Å². The van der Waals surface area contributed by atoms with E-state index in [0.717, 1.165) is 12.1 Å². The smallest absolute Gasteiger partial charge is 0.220 e. The molecule has 0 bridgehead atoms. The van der Waals surface area contributed by atoms with Gasteiger partial charge in [-0.1, -0.05) is 19.0 Å². The molecule has 0 spiro atoms. The highest BCUT2D eigenvalue weighted by atomic mass is 16.5. The van der Waals surface area contributed by atoms with Gasteiger partial charge in [-0.15, -0.1) is 0 Å². The first kappa shape index (κ1) is 32.0. The molecule has 2 unspecified atom stereocenters. The molecule has 0 aliphatic heterocycles. The number of nitrogens with one attached hydrogen (secondary N) is 4. The van der Waals surface area contributed by atoms with Crippen LogP contribution < -0.4 is 21.3 Å². The van der Waals surface area contributed by atoms with Crippen LogP contribution in [0.25, 0.3) is 0 Å². The van der Waals surface area contributed by atoms with E-state index < -0.39 is 0 Å². The topological polar surface area (TPSA) is 136 Å². The Morgan fingerprint density at radius 3 is 2.18 bits per heavy atom. The second kappa shape index (κ2) is 16.6. The number of hydrogen-bond acceptors (Lipinski definition) is 8. The Morgan fingerprint density at radius 1 is 1.00 bits per heavy atom. The van der Waals surface area contributed by atoms with Gasteiger partial charge in [-0.05, 0) is 41.0 Å². The maximum Gasteiger partial charge on any atom is 0.220 e. The molecule has 198 valence electrons. The third kappa shape index (κ3) is 13.6. The fourth-order valence-electron chi connectivity index (χ4n) is 2.89. The molecule has 0 saturated carbocycles. The van der Waals surface area contributed by atoms with Crippen molar-refractivity contribution in [1.82, 2.24) is 21.3 Å². The first-order valence-electron chi connectivity index (χ1n) is 12.1. The van der Waals surface area contributed by atoms with Gasteiger partial charge in [-0.25, -0.2) is 0 Å². The first-order chi connectivity index (χ1) is 15.9. The molecular formula is C24H48N6O4. The van der Waals surface area contributed by atoms with Crippen molar-refractivity contribution in [1.29, 1.82) is 0 Å². The van der Waals surface area contributed by atoms with Crippen LogP contribution >= 0.6 is 0 Å². The minimum atomic E-state index is -0.343. The van der Waals surface area contributed by atoms with Gasteiger partial charge in [0.1, 0.15) is 0 Å². The van der Waals surface area contributed by atoms with E-state index in [-0.39, 0.29) is 41.7 Å². The maximum atomic E-state index is 12.4. The van der Waals surface area contributed by atoms with E-state index in [1.54, 1.807) is 14.0 Å². The van der Waals surface area contributed by atoms with E-state index in [9.17, 15) is 9.59 Å². The zero-order chi connectivity index (χ0) is 26.2. The van der Waals surface area contributed by atoms with Crippen molar-refractivity contribution in [3.63, 3.8) is 0 Å². The van der Waals surface area contributed by atoms with Gasteiger partial charge in [-0.2, -0.15) is 0 Å². The van der Waals surface area contributed by atoms with E-state index in [0.29, 0.717) is 45.1 Å². The van der Waals surface area contributed by atoms with Gasteiger partial charge in [0.05, 0.1) is 17.9 Å². The molecule has 34 heavy (non-hydrogen) atoms. The highest BCUT2D eigenvalue weighted by Crippen LogP contribution is 2.16. The normalized spacial score (nSPS) is 15.5. The average Bonchev–Trinajstić information content (AvgIpc) is 2.82. The maximum absolute atomic E-state index is 12.4. The van der Waals surface area contributed by atoms with Gasteiger partial charge in [-0.3, -0.25) is 14.6 Å². The SMILES string of the molecule is CCCOCCNC(=O)CCC(=O)NCC(C)(CNC(C)/C(C)=N/O)CNC(C)(C)/C(C)=N/C. The van der Waals surface area contributed by atoms with Gasteiger partial charge in [0.25, 0.3) is 0 Å². The van der Waals surface area contributed by atoms with E-state index in [2.05, 4.69) is 52.2 Å². The van der Waals surface area contributed by atoms with Crippen LogP contribution in [0.2, 0.25) is 0 Å². The second-order valence-corrected chi connectivity index (χ2v) is 9.68. The van der Waals surface area contributed by atoms with Crippen LogP contribution in [0.3, 0.4) is 0 Å². The second-order valence-electron chi connectivity index (χ2n) is 9.68. The van der Waals surface area contributed by atoms with Crippen LogP contribution in [0.5, 0.6) is 0 Å². The molecule has 0 aromatic rings. The molecule has 10 heteroatoms. The fraction of sp³-hybridized carbons (Fsp3) is 0.833. The Morgan fingerprint density at radius 2 is 1.62 bits per heavy atom. The Hall–Kier alpha value is -2.04. The number of oxime groups is 1. The molecular weight excluding hydrogens is 436 g/mol. The van der Waals surface area contributed by atoms with Crippen molar-refractivity contribution in [2.45, 2.75) is 79.3 Å². The summed E-state index contributed by atoms with van der Waals surface area (Å²) in [5.41, 5.74) is 0.922. The fourth-order valence-corrected chi connectivity index (χ4v) is 2.89. The summed E-state index contributed by atoms with van der Waals surface area (Å²) in [7, 11) is 1.77. The van der Waals surface area contributed by atoms with Crippen LogP contribution in [0, 0.1) is 5.41 Å². The van der Waals surface area contributed by atoms with Gasteiger partial charge in [0.15, 0.2) is 0 Å². The molecule has 5 N–H and O–H groups in total. The number of carbonyl (C=O) groups is 2. The summed E-state index contributed by atoms with van der Waals surface area (Å²) in [5, 5.41) is 25.0. The summed E-state index contributed by atoms with van der Waals surface area (Å²) in [4.78, 5) is 28.7. The molecule has 0 fully saturated rings. The summed E-state index contributed by atoms with van der Waals surface area (Å²) in [6.45, 7) is 17.1. The molecule has 0 radical (unpaired) electrons. The summed E-state index contributed by atoms with van der Waals surface area (Å²) in [6.07, 6.45) is 1.20. The average molecular weight is 485 g/mol. The molecule has 0 aliphatic rings. The minimum absolute atomic E-state index is 0.114. The summed E-state index contributed by atoms with van der Waals surface area (Å²) < 4.78 is 5.33. The number of ether oxygens (including phenoxy) is 1. The zero-order valence-corrected chi connectivity index (χ0v) is 22.5. The zero-order valence-electron chi connectivity index (χ0n) is 22.5. The Labute approximate surface area is 205 Å². The lowest BCUT2D eigenvalue weighted by Crippen LogP contribution is -2.55. The Kier molecular flexibility index (Phi) is 15.6. The molecule has 10 nitrogen and oxygen atoms in total. The molecule has 0 aromatic carbocycles. The number of hydrogen-bond donors (Lipinski definition) is 5. The Balaban J connectivity index is 4.84. The number of amides is 2. The van der Waals surface area contributed by atoms with Gasteiger partial charge < -0.3 is 31.2 Å². The molecule has 0 aromatic heterocycles. The standard InChI is InChI=1S/C24H48N6O4/c1-9-13-34-14-12-26-21(31)10-11-22(32)28-16-24(7,15-27-18(2)19(3)30-33)17-29-23(5,6)20(4)25-8/h18,27,29,33H,9-17H2,1-8H3,(H,26,31)(H,28,32)/b25-20+,30-19+. The highest BCUT2D eigenvalue weighted by molar-refractivity contribution is 5.90. The summed E-state index contributed by atoms with van der Waals surface area (Å²) in [6, 6.07) is -0.114.